The summed E-state index contributed by atoms with van der Waals surface area (Å²) in [6, 6.07) is 10.5. The van der Waals surface area contributed by atoms with E-state index in [9.17, 15) is 9.18 Å². The molecular weight excluding hydrogens is 381 g/mol. The smallest absolute Gasteiger partial charge is 0.261 e. The van der Waals surface area contributed by atoms with Gasteiger partial charge in [-0.3, -0.25) is 4.79 Å². The third kappa shape index (κ3) is 3.01. The number of H-pyrrole nitrogens is 2. The first-order chi connectivity index (χ1) is 14.3. The number of nitrogens with zero attached hydrogens (tertiary/aromatic N) is 2. The van der Waals surface area contributed by atoms with E-state index < -0.39 is 11.4 Å². The van der Waals surface area contributed by atoms with Crippen LogP contribution in [0.4, 0.5) is 15.8 Å². The van der Waals surface area contributed by atoms with Crippen molar-refractivity contribution in [2.24, 2.45) is 5.41 Å². The number of hydrogen-bond donors (Lipinski definition) is 3. The standard InChI is InChI=1S/C23H24FN5O/c1-23(2)8-10-29(11-9-23)13-6-7-15-17(12-13)27-21(26-15)19-20(25)18-14(24)4-3-5-16(18)28-22(19)30/h3-7,12H,8-11H2,1-2H3,(H,26,27)(H3,25,28,30). The van der Waals surface area contributed by atoms with Gasteiger partial charge < -0.3 is 20.6 Å². The molecule has 1 saturated heterocycles. The van der Waals surface area contributed by atoms with Gasteiger partial charge >= 0.3 is 0 Å². The van der Waals surface area contributed by atoms with Gasteiger partial charge in [-0.05, 0) is 48.6 Å². The average Bonchev–Trinajstić information content (AvgIpc) is 3.10. The van der Waals surface area contributed by atoms with Gasteiger partial charge in [0.1, 0.15) is 17.2 Å². The summed E-state index contributed by atoms with van der Waals surface area (Å²) in [5.74, 6) is -0.139. The minimum Gasteiger partial charge on any atom is -0.397 e. The molecule has 0 amide bonds. The minimum atomic E-state index is -0.478. The highest BCUT2D eigenvalue weighted by Gasteiger charge is 2.26. The van der Waals surface area contributed by atoms with E-state index in [1.54, 1.807) is 6.07 Å². The Kier molecular flexibility index (Phi) is 4.10. The summed E-state index contributed by atoms with van der Waals surface area (Å²) in [6.07, 6.45) is 2.29. The first-order valence-corrected chi connectivity index (χ1v) is 10.2. The summed E-state index contributed by atoms with van der Waals surface area (Å²) in [5.41, 5.74) is 9.49. The van der Waals surface area contributed by atoms with Crippen LogP contribution in [0.1, 0.15) is 26.7 Å². The molecule has 4 aromatic rings. The van der Waals surface area contributed by atoms with Crippen molar-refractivity contribution in [3.8, 4) is 11.4 Å². The summed E-state index contributed by atoms with van der Waals surface area (Å²) in [6.45, 7) is 6.64. The Morgan fingerprint density at radius 3 is 2.63 bits per heavy atom. The van der Waals surface area contributed by atoms with Crippen molar-refractivity contribution in [2.45, 2.75) is 26.7 Å². The number of halogens is 1. The van der Waals surface area contributed by atoms with Gasteiger partial charge in [0.2, 0.25) is 0 Å². The number of nitrogen functional groups attached to an aromatic ring is 1. The summed E-state index contributed by atoms with van der Waals surface area (Å²) < 4.78 is 14.4. The molecule has 0 atom stereocenters. The average molecular weight is 405 g/mol. The van der Waals surface area contributed by atoms with Crippen LogP contribution in [0, 0.1) is 11.2 Å². The molecule has 5 rings (SSSR count). The zero-order chi connectivity index (χ0) is 21.0. The molecular formula is C23H24FN5O. The highest BCUT2D eigenvalue weighted by atomic mass is 19.1. The number of imidazole rings is 1. The Labute approximate surface area is 172 Å². The van der Waals surface area contributed by atoms with E-state index in [1.807, 2.05) is 6.07 Å². The van der Waals surface area contributed by atoms with Crippen LogP contribution in [-0.4, -0.2) is 28.0 Å². The zero-order valence-corrected chi connectivity index (χ0v) is 17.1. The second-order valence-corrected chi connectivity index (χ2v) is 8.84. The normalized spacial score (nSPS) is 16.4. The van der Waals surface area contributed by atoms with Gasteiger partial charge in [-0.1, -0.05) is 19.9 Å². The lowest BCUT2D eigenvalue weighted by Gasteiger charge is -2.38. The monoisotopic (exact) mass is 405 g/mol. The van der Waals surface area contributed by atoms with E-state index in [0.29, 0.717) is 16.8 Å². The van der Waals surface area contributed by atoms with E-state index >= 15 is 0 Å². The van der Waals surface area contributed by atoms with Crippen molar-refractivity contribution in [1.29, 1.82) is 0 Å². The lowest BCUT2D eigenvalue weighted by Crippen LogP contribution is -2.37. The predicted molar refractivity (Wildman–Crippen MR) is 119 cm³/mol. The number of benzene rings is 2. The summed E-state index contributed by atoms with van der Waals surface area (Å²) >= 11 is 0. The van der Waals surface area contributed by atoms with Gasteiger partial charge in [0.15, 0.2) is 0 Å². The molecule has 2 aromatic heterocycles. The minimum absolute atomic E-state index is 0.0874. The molecule has 154 valence electrons. The van der Waals surface area contributed by atoms with Crippen LogP contribution in [0.5, 0.6) is 0 Å². The van der Waals surface area contributed by atoms with Crippen LogP contribution < -0.4 is 16.2 Å². The van der Waals surface area contributed by atoms with Crippen LogP contribution in [0.15, 0.2) is 41.2 Å². The van der Waals surface area contributed by atoms with Crippen LogP contribution in [0.25, 0.3) is 33.3 Å². The number of piperidine rings is 1. The van der Waals surface area contributed by atoms with Crippen molar-refractivity contribution in [3.63, 3.8) is 0 Å². The quantitative estimate of drug-likeness (QED) is 0.460. The Bertz CT molecular complexity index is 1330. The van der Waals surface area contributed by atoms with Crippen LogP contribution >= 0.6 is 0 Å². The molecule has 1 fully saturated rings. The van der Waals surface area contributed by atoms with Gasteiger partial charge in [0.25, 0.3) is 5.56 Å². The zero-order valence-electron chi connectivity index (χ0n) is 17.1. The second-order valence-electron chi connectivity index (χ2n) is 8.84. The number of aromatic nitrogens is 3. The number of rotatable bonds is 2. The van der Waals surface area contributed by atoms with Crippen molar-refractivity contribution in [1.82, 2.24) is 15.0 Å². The van der Waals surface area contributed by atoms with Crippen molar-refractivity contribution in [3.05, 3.63) is 52.6 Å². The molecule has 3 heterocycles. The number of anilines is 2. The molecule has 0 saturated carbocycles. The maximum Gasteiger partial charge on any atom is 0.261 e. The maximum atomic E-state index is 14.4. The highest BCUT2D eigenvalue weighted by molar-refractivity contribution is 5.98. The van der Waals surface area contributed by atoms with Gasteiger partial charge in [-0.15, -0.1) is 0 Å². The largest absolute Gasteiger partial charge is 0.397 e. The van der Waals surface area contributed by atoms with E-state index in [-0.39, 0.29) is 16.6 Å². The third-order valence-corrected chi connectivity index (χ3v) is 6.21. The molecule has 1 aliphatic rings. The molecule has 0 aliphatic carbocycles. The van der Waals surface area contributed by atoms with Crippen LogP contribution in [-0.2, 0) is 0 Å². The fraction of sp³-hybridized carbons (Fsp3) is 0.304. The van der Waals surface area contributed by atoms with E-state index in [1.165, 1.54) is 12.1 Å². The van der Waals surface area contributed by atoms with Crippen molar-refractivity contribution >= 4 is 33.3 Å². The molecule has 0 spiro atoms. The van der Waals surface area contributed by atoms with Crippen LogP contribution in [0.2, 0.25) is 0 Å². The van der Waals surface area contributed by atoms with Crippen molar-refractivity contribution in [2.75, 3.05) is 23.7 Å². The number of fused-ring (bicyclic) bond motifs is 2. The van der Waals surface area contributed by atoms with Crippen molar-refractivity contribution < 1.29 is 4.39 Å². The molecule has 0 bridgehead atoms. The Morgan fingerprint density at radius 1 is 1.10 bits per heavy atom. The number of hydrogen-bond acceptors (Lipinski definition) is 4. The van der Waals surface area contributed by atoms with Gasteiger partial charge in [0, 0.05) is 18.8 Å². The number of nitrogens with two attached hydrogens (primary N) is 1. The predicted octanol–water partition coefficient (Wildman–Crippen LogP) is 4.42. The molecule has 7 heteroatoms. The third-order valence-electron chi connectivity index (χ3n) is 6.21. The van der Waals surface area contributed by atoms with Crippen LogP contribution in [0.3, 0.4) is 0 Å². The molecule has 1 aliphatic heterocycles. The molecule has 30 heavy (non-hydrogen) atoms. The maximum absolute atomic E-state index is 14.4. The molecule has 6 nitrogen and oxygen atoms in total. The molecule has 2 aromatic carbocycles. The van der Waals surface area contributed by atoms with Gasteiger partial charge in [0.05, 0.1) is 27.6 Å². The Hall–Kier alpha value is -3.35. The number of pyridine rings is 1. The van der Waals surface area contributed by atoms with Gasteiger partial charge in [-0.25, -0.2) is 9.37 Å². The topological polar surface area (TPSA) is 90.8 Å². The second kappa shape index (κ2) is 6.58. The number of aromatic amines is 2. The first-order valence-electron chi connectivity index (χ1n) is 10.2. The molecule has 4 N–H and O–H groups in total. The SMILES string of the molecule is CC1(C)CCN(c2ccc3nc(-c4c(N)c5c(F)cccc5[nH]c4=O)[nH]c3c2)CC1. The first kappa shape index (κ1) is 18.7. The van der Waals surface area contributed by atoms with E-state index in [4.69, 9.17) is 5.73 Å². The molecule has 0 unspecified atom stereocenters. The van der Waals surface area contributed by atoms with E-state index in [0.717, 1.165) is 42.7 Å². The summed E-state index contributed by atoms with van der Waals surface area (Å²) in [5, 5.41) is 0.198. The van der Waals surface area contributed by atoms with E-state index in [2.05, 4.69) is 45.8 Å². The Morgan fingerprint density at radius 2 is 1.87 bits per heavy atom. The fourth-order valence-electron chi connectivity index (χ4n) is 4.25. The Balaban J connectivity index is 1.58. The summed E-state index contributed by atoms with van der Waals surface area (Å²) in [4.78, 5) is 25.5. The summed E-state index contributed by atoms with van der Waals surface area (Å²) in [7, 11) is 0. The lowest BCUT2D eigenvalue weighted by atomic mass is 9.82. The fourth-order valence-corrected chi connectivity index (χ4v) is 4.25. The molecule has 0 radical (unpaired) electrons. The van der Waals surface area contributed by atoms with Gasteiger partial charge in [-0.2, -0.15) is 0 Å². The highest BCUT2D eigenvalue weighted by Crippen LogP contribution is 2.34. The lowest BCUT2D eigenvalue weighted by molar-refractivity contribution is 0.280. The number of nitrogens with one attached hydrogen (secondary N) is 2.